The molecule has 1 saturated carbocycles. The van der Waals surface area contributed by atoms with Gasteiger partial charge in [0.1, 0.15) is 6.04 Å². The quantitative estimate of drug-likeness (QED) is 0.860. The summed E-state index contributed by atoms with van der Waals surface area (Å²) in [5.74, 6) is -0.713. The number of benzene rings is 1. The maximum atomic E-state index is 12.7. The molecule has 0 unspecified atom stereocenters. The van der Waals surface area contributed by atoms with Gasteiger partial charge in [-0.2, -0.15) is 0 Å². The third-order valence-electron chi connectivity index (χ3n) is 5.18. The van der Waals surface area contributed by atoms with E-state index in [2.05, 4.69) is 5.32 Å². The van der Waals surface area contributed by atoms with Crippen molar-refractivity contribution >= 4 is 17.8 Å². The Bertz CT molecular complexity index is 696. The largest absolute Gasteiger partial charge is 0.433 e. The molecule has 1 aliphatic carbocycles. The zero-order valence-corrected chi connectivity index (χ0v) is 13.4. The number of amides is 2. The van der Waals surface area contributed by atoms with Gasteiger partial charge in [0.15, 0.2) is 0 Å². The molecule has 1 saturated heterocycles. The molecule has 0 bridgehead atoms. The summed E-state index contributed by atoms with van der Waals surface area (Å²) >= 11 is 0. The van der Waals surface area contributed by atoms with E-state index < -0.39 is 18.2 Å². The van der Waals surface area contributed by atoms with Crippen molar-refractivity contribution in [3.63, 3.8) is 0 Å². The number of fused-ring (bicyclic) bond motifs is 1. The predicted octanol–water partition coefficient (Wildman–Crippen LogP) is 1.91. The van der Waals surface area contributed by atoms with Crippen LogP contribution in [0.4, 0.5) is 0 Å². The number of hydrogen-bond acceptors (Lipinski definition) is 4. The molecule has 2 amide bonds. The molecule has 0 spiro atoms. The van der Waals surface area contributed by atoms with Gasteiger partial charge in [0.25, 0.3) is 0 Å². The van der Waals surface area contributed by atoms with Crippen LogP contribution in [0.25, 0.3) is 0 Å². The molecule has 4 rings (SSSR count). The zero-order valence-electron chi connectivity index (χ0n) is 13.4. The van der Waals surface area contributed by atoms with Crippen molar-refractivity contribution < 1.29 is 19.1 Å². The van der Waals surface area contributed by atoms with E-state index >= 15 is 0 Å². The number of carbonyl (C=O) groups excluding carboxylic acids is 3. The van der Waals surface area contributed by atoms with Crippen molar-refractivity contribution in [1.82, 2.24) is 10.2 Å². The van der Waals surface area contributed by atoms with E-state index in [0.717, 1.165) is 25.7 Å². The minimum absolute atomic E-state index is 0.131. The normalized spacial score (nSPS) is 26.6. The van der Waals surface area contributed by atoms with Crippen LogP contribution in [-0.4, -0.2) is 34.8 Å². The second kappa shape index (κ2) is 5.92. The Morgan fingerprint density at radius 3 is 2.67 bits per heavy atom. The van der Waals surface area contributed by atoms with Crippen LogP contribution in [0.2, 0.25) is 0 Å². The zero-order chi connectivity index (χ0) is 16.7. The summed E-state index contributed by atoms with van der Waals surface area (Å²) in [6.07, 6.45) is 4.23. The van der Waals surface area contributed by atoms with E-state index in [1.165, 1.54) is 4.90 Å². The third-order valence-corrected chi connectivity index (χ3v) is 5.18. The predicted molar refractivity (Wildman–Crippen MR) is 84.9 cm³/mol. The lowest BCUT2D eigenvalue weighted by Gasteiger charge is -2.30. The van der Waals surface area contributed by atoms with Crippen molar-refractivity contribution in [2.24, 2.45) is 0 Å². The summed E-state index contributed by atoms with van der Waals surface area (Å²) in [5, 5.41) is 3.06. The fraction of sp³-hybridized carbons (Fsp3) is 0.500. The second-order valence-electron chi connectivity index (χ2n) is 6.69. The molecule has 6 heteroatoms. The molecule has 1 aromatic carbocycles. The van der Waals surface area contributed by atoms with Crippen molar-refractivity contribution in [3.05, 3.63) is 35.4 Å². The minimum Gasteiger partial charge on any atom is -0.433 e. The monoisotopic (exact) mass is 328 g/mol. The summed E-state index contributed by atoms with van der Waals surface area (Å²) in [4.78, 5) is 38.5. The summed E-state index contributed by atoms with van der Waals surface area (Å²) < 4.78 is 5.42. The number of hydrogen-bond donors (Lipinski definition) is 1. The van der Waals surface area contributed by atoms with Gasteiger partial charge in [-0.05, 0) is 25.3 Å². The number of nitrogens with zero attached hydrogens (tertiary/aromatic N) is 1. The number of esters is 1. The SMILES string of the molecule is O=C1O[C@@H](N2C(=O)CC[C@H]2C(=O)NC2CCCC2)c2ccccc21. The maximum Gasteiger partial charge on any atom is 0.340 e. The minimum atomic E-state index is -0.789. The Labute approximate surface area is 140 Å². The molecule has 2 atom stereocenters. The first-order valence-electron chi connectivity index (χ1n) is 8.56. The molecular weight excluding hydrogens is 308 g/mol. The smallest absolute Gasteiger partial charge is 0.340 e. The van der Waals surface area contributed by atoms with Gasteiger partial charge in [-0.25, -0.2) is 4.79 Å². The van der Waals surface area contributed by atoms with E-state index in [1.807, 2.05) is 6.07 Å². The van der Waals surface area contributed by atoms with E-state index in [-0.39, 0.29) is 17.9 Å². The summed E-state index contributed by atoms with van der Waals surface area (Å²) in [6.45, 7) is 0. The van der Waals surface area contributed by atoms with Crippen LogP contribution in [0, 0.1) is 0 Å². The van der Waals surface area contributed by atoms with Crippen LogP contribution in [-0.2, 0) is 14.3 Å². The first-order valence-corrected chi connectivity index (χ1v) is 8.56. The average Bonchev–Trinajstić information content (AvgIpc) is 3.28. The highest BCUT2D eigenvalue weighted by atomic mass is 16.6. The number of nitrogens with one attached hydrogen (secondary N) is 1. The van der Waals surface area contributed by atoms with Crippen LogP contribution in [0.15, 0.2) is 24.3 Å². The molecule has 6 nitrogen and oxygen atoms in total. The first kappa shape index (κ1) is 15.2. The molecule has 1 N–H and O–H groups in total. The van der Waals surface area contributed by atoms with Gasteiger partial charge in [-0.15, -0.1) is 0 Å². The van der Waals surface area contributed by atoms with Crippen LogP contribution < -0.4 is 5.32 Å². The molecule has 24 heavy (non-hydrogen) atoms. The molecule has 2 aliphatic heterocycles. The average molecular weight is 328 g/mol. The Balaban J connectivity index is 1.57. The Morgan fingerprint density at radius 1 is 1.12 bits per heavy atom. The van der Waals surface area contributed by atoms with Crippen LogP contribution >= 0.6 is 0 Å². The lowest BCUT2D eigenvalue weighted by molar-refractivity contribution is -0.146. The van der Waals surface area contributed by atoms with Crippen molar-refractivity contribution in [2.75, 3.05) is 0 Å². The molecule has 0 radical (unpaired) electrons. The summed E-state index contributed by atoms with van der Waals surface area (Å²) in [5.41, 5.74) is 1.13. The van der Waals surface area contributed by atoms with Gasteiger partial charge in [0, 0.05) is 18.0 Å². The molecular formula is C18H20N2O4. The standard InChI is InChI=1S/C18H20N2O4/c21-15-10-9-14(16(22)19-11-5-1-2-6-11)20(15)17-12-7-3-4-8-13(12)18(23)24-17/h3-4,7-8,11,14,17H,1-2,5-6,9-10H2,(H,19,22)/t14-,17+/m0/s1. The fourth-order valence-electron chi connectivity index (χ4n) is 3.95. The topological polar surface area (TPSA) is 75.7 Å². The second-order valence-corrected chi connectivity index (χ2v) is 6.69. The van der Waals surface area contributed by atoms with E-state index in [1.54, 1.807) is 18.2 Å². The Kier molecular flexibility index (Phi) is 3.75. The van der Waals surface area contributed by atoms with Crippen molar-refractivity contribution in [3.8, 4) is 0 Å². The van der Waals surface area contributed by atoms with E-state index in [4.69, 9.17) is 4.74 Å². The van der Waals surface area contributed by atoms with Gasteiger partial charge in [-0.1, -0.05) is 31.0 Å². The first-order chi connectivity index (χ1) is 11.6. The van der Waals surface area contributed by atoms with E-state index in [0.29, 0.717) is 24.0 Å². The highest BCUT2D eigenvalue weighted by Gasteiger charge is 2.46. The summed E-state index contributed by atoms with van der Waals surface area (Å²) in [6, 6.07) is 6.67. The molecule has 2 fully saturated rings. The molecule has 0 aromatic heterocycles. The lowest BCUT2D eigenvalue weighted by Crippen LogP contribution is -2.48. The van der Waals surface area contributed by atoms with Gasteiger partial charge in [0.2, 0.25) is 18.0 Å². The van der Waals surface area contributed by atoms with Crippen LogP contribution in [0.3, 0.4) is 0 Å². The Hall–Kier alpha value is -2.37. The number of cyclic esters (lactones) is 1. The number of ether oxygens (including phenoxy) is 1. The molecule has 3 aliphatic rings. The Morgan fingerprint density at radius 2 is 1.88 bits per heavy atom. The van der Waals surface area contributed by atoms with Crippen molar-refractivity contribution in [2.45, 2.75) is 56.8 Å². The maximum absolute atomic E-state index is 12.7. The lowest BCUT2D eigenvalue weighted by atomic mass is 10.1. The third kappa shape index (κ3) is 2.46. The van der Waals surface area contributed by atoms with Gasteiger partial charge >= 0.3 is 5.97 Å². The van der Waals surface area contributed by atoms with Crippen LogP contribution in [0.1, 0.15) is 60.7 Å². The van der Waals surface area contributed by atoms with Gasteiger partial charge < -0.3 is 10.1 Å². The number of rotatable bonds is 3. The number of carbonyl (C=O) groups is 3. The molecule has 2 heterocycles. The number of likely N-dealkylation sites (tertiary alicyclic amines) is 1. The van der Waals surface area contributed by atoms with Crippen LogP contribution in [0.5, 0.6) is 0 Å². The summed E-state index contributed by atoms with van der Waals surface area (Å²) in [7, 11) is 0. The fourth-order valence-corrected chi connectivity index (χ4v) is 3.95. The van der Waals surface area contributed by atoms with Gasteiger partial charge in [-0.3, -0.25) is 14.5 Å². The molecule has 126 valence electrons. The highest BCUT2D eigenvalue weighted by molar-refractivity contribution is 5.96. The van der Waals surface area contributed by atoms with Gasteiger partial charge in [0.05, 0.1) is 5.56 Å². The van der Waals surface area contributed by atoms with Crippen molar-refractivity contribution in [1.29, 1.82) is 0 Å². The molecule has 1 aromatic rings. The van der Waals surface area contributed by atoms with E-state index in [9.17, 15) is 14.4 Å². The highest BCUT2D eigenvalue weighted by Crippen LogP contribution is 2.38.